The fourth-order valence-electron chi connectivity index (χ4n) is 3.68. The molecule has 4 heteroatoms. The molecule has 0 unspecified atom stereocenters. The summed E-state index contributed by atoms with van der Waals surface area (Å²) in [7, 11) is 0. The molecule has 0 saturated carbocycles. The van der Waals surface area contributed by atoms with Gasteiger partial charge in [-0.2, -0.15) is 0 Å². The fourth-order valence-corrected chi connectivity index (χ4v) is 9.47. The van der Waals surface area contributed by atoms with Gasteiger partial charge in [0.15, 0.2) is 0 Å². The van der Waals surface area contributed by atoms with E-state index in [-0.39, 0.29) is 24.8 Å². The molecule has 0 N–H and O–H groups in total. The molecular formula is C22H39Cl2OTi. The summed E-state index contributed by atoms with van der Waals surface area (Å²) < 4.78 is 8.78. The second kappa shape index (κ2) is 6.41. The molecule has 0 amide bonds. The average Bonchev–Trinajstić information content (AvgIpc) is 2.91. The summed E-state index contributed by atoms with van der Waals surface area (Å²) in [4.78, 5) is 0. The van der Waals surface area contributed by atoms with E-state index >= 15 is 0 Å². The number of halogens is 2. The minimum absolute atomic E-state index is 0. The second-order valence-corrected chi connectivity index (χ2v) is 37.2. The third-order valence-corrected chi connectivity index (χ3v) is 13.6. The molecule has 0 atom stereocenters. The van der Waals surface area contributed by atoms with Gasteiger partial charge in [-0.3, -0.25) is 0 Å². The van der Waals surface area contributed by atoms with Gasteiger partial charge < -0.3 is 0 Å². The van der Waals surface area contributed by atoms with E-state index in [1.165, 1.54) is 15.0 Å². The van der Waals surface area contributed by atoms with Gasteiger partial charge in [0.2, 0.25) is 0 Å². The molecule has 151 valence electrons. The van der Waals surface area contributed by atoms with E-state index in [0.717, 1.165) is 12.2 Å². The molecule has 0 bridgehead atoms. The van der Waals surface area contributed by atoms with E-state index in [2.05, 4.69) is 90.3 Å². The summed E-state index contributed by atoms with van der Waals surface area (Å²) in [6.07, 6.45) is 7.74. The summed E-state index contributed by atoms with van der Waals surface area (Å²) >= 11 is -4.33. The van der Waals surface area contributed by atoms with E-state index in [1.54, 1.807) is 0 Å². The van der Waals surface area contributed by atoms with Gasteiger partial charge in [0.1, 0.15) is 0 Å². The second-order valence-electron chi connectivity index (χ2n) is 12.9. The molecule has 0 aliphatic heterocycles. The maximum Gasteiger partial charge on any atom is -0.147 e. The molecule has 0 heterocycles. The molecule has 1 aromatic rings. The number of hydrogen-bond acceptors (Lipinski definition) is 1. The van der Waals surface area contributed by atoms with Gasteiger partial charge in [-0.1, -0.05) is 0 Å². The van der Waals surface area contributed by atoms with Crippen LogP contribution in [0.1, 0.15) is 57.1 Å². The SMILES string of the molecule is CC(C)c1cccc(C(C)C)c1[O][Ti]([CH3])([CH3])([CH3])([CH3])([CH3])[C]1=CC=CC1.Cl.Cl. The predicted octanol–water partition coefficient (Wildman–Crippen LogP) is 8.92. The molecule has 1 nitrogen and oxygen atoms in total. The van der Waals surface area contributed by atoms with Crippen LogP contribution < -0.4 is 3.32 Å². The first-order chi connectivity index (χ1) is 10.6. The molecule has 0 saturated heterocycles. The van der Waals surface area contributed by atoms with Crippen LogP contribution >= 0.6 is 24.8 Å². The Labute approximate surface area is 169 Å². The van der Waals surface area contributed by atoms with Crippen molar-refractivity contribution in [3.05, 3.63) is 51.4 Å². The monoisotopic (exact) mass is 437 g/mol. The maximum absolute atomic E-state index is 7.30. The van der Waals surface area contributed by atoms with Gasteiger partial charge in [0.25, 0.3) is 0 Å². The van der Waals surface area contributed by atoms with E-state index in [4.69, 9.17) is 3.32 Å². The molecule has 0 radical (unpaired) electrons. The van der Waals surface area contributed by atoms with Crippen molar-refractivity contribution in [2.75, 3.05) is 0 Å². The molecule has 1 aromatic carbocycles. The zero-order valence-corrected chi connectivity index (χ0v) is 21.2. The zero-order valence-electron chi connectivity index (χ0n) is 18.1. The van der Waals surface area contributed by atoms with Crippen molar-refractivity contribution >= 4 is 24.8 Å². The Morgan fingerprint density at radius 2 is 1.31 bits per heavy atom. The van der Waals surface area contributed by atoms with E-state index in [0.29, 0.717) is 11.8 Å². The van der Waals surface area contributed by atoms with Crippen molar-refractivity contribution in [1.29, 1.82) is 0 Å². The van der Waals surface area contributed by atoms with Crippen molar-refractivity contribution in [1.82, 2.24) is 0 Å². The molecule has 0 fully saturated rings. The van der Waals surface area contributed by atoms with Crippen LogP contribution in [0.25, 0.3) is 0 Å². The van der Waals surface area contributed by atoms with Crippen molar-refractivity contribution in [3.8, 4) is 5.75 Å². The van der Waals surface area contributed by atoms with Crippen molar-refractivity contribution < 1.29 is 16.4 Å². The largest absolute Gasteiger partial charge is 0.147 e. The number of allylic oxidation sites excluding steroid dienone is 4. The molecular weight excluding hydrogens is 399 g/mol. The third-order valence-electron chi connectivity index (χ3n) is 5.49. The Kier molecular flexibility index (Phi) is 6.36. The molecule has 0 aromatic heterocycles. The topological polar surface area (TPSA) is 9.23 Å². The third kappa shape index (κ3) is 5.19. The van der Waals surface area contributed by atoms with Gasteiger partial charge >= 0.3 is 146 Å². The van der Waals surface area contributed by atoms with E-state index in [1.807, 2.05) is 0 Å². The van der Waals surface area contributed by atoms with Gasteiger partial charge in [-0.15, -0.1) is 24.8 Å². The molecule has 1 aliphatic rings. The summed E-state index contributed by atoms with van der Waals surface area (Å²) in [5, 5.41) is 12.1. The van der Waals surface area contributed by atoms with E-state index in [9.17, 15) is 0 Å². The summed E-state index contributed by atoms with van der Waals surface area (Å²) in [5.74, 6) is 2.02. The quantitative estimate of drug-likeness (QED) is 0.417. The maximum atomic E-state index is 7.30. The van der Waals surface area contributed by atoms with Crippen molar-refractivity contribution in [2.24, 2.45) is 0 Å². The van der Waals surface area contributed by atoms with Crippen LogP contribution in [0.2, 0.25) is 26.1 Å². The van der Waals surface area contributed by atoms with Crippen LogP contribution in [-0.4, -0.2) is 0 Å². The van der Waals surface area contributed by atoms with Crippen LogP contribution in [0.4, 0.5) is 0 Å². The smallest absolute Gasteiger partial charge is 0.147 e. The molecule has 2 rings (SSSR count). The minimum Gasteiger partial charge on any atom is -0.147 e. The average molecular weight is 438 g/mol. The Balaban J connectivity index is 0.00000312. The van der Waals surface area contributed by atoms with Gasteiger partial charge in [0, 0.05) is 0 Å². The van der Waals surface area contributed by atoms with Crippen LogP contribution in [0.15, 0.2) is 40.3 Å². The molecule has 1 aliphatic carbocycles. The van der Waals surface area contributed by atoms with E-state index < -0.39 is 13.1 Å². The summed E-state index contributed by atoms with van der Waals surface area (Å²) in [6, 6.07) is 6.65. The van der Waals surface area contributed by atoms with Crippen LogP contribution in [0.3, 0.4) is 0 Å². The standard InChI is InChI=1S/C12H18O.C5H5.5CH3.2ClH.Ti/c1-8(2)10-6-5-7-11(9(3)4)12(10)13;1-2-4-5-3-1;;;;;;;;/h5-9,13H,1-4H3;1-3H,4H2;5*1H3;2*1H;/q;;;;;;;;;+1/p-1. The molecule has 0 spiro atoms. The van der Waals surface area contributed by atoms with Gasteiger partial charge in [-0.05, 0) is 0 Å². The Morgan fingerprint density at radius 1 is 0.846 bits per heavy atom. The number of benzene rings is 1. The minimum atomic E-state index is -4.33. The fraction of sp³-hybridized carbons (Fsp3) is 0.545. The molecule has 26 heavy (non-hydrogen) atoms. The van der Waals surface area contributed by atoms with Crippen LogP contribution in [0.5, 0.6) is 5.75 Å². The van der Waals surface area contributed by atoms with Crippen LogP contribution in [0, 0.1) is 0 Å². The summed E-state index contributed by atoms with van der Waals surface area (Å²) in [6.45, 7) is 9.03. The summed E-state index contributed by atoms with van der Waals surface area (Å²) in [5.41, 5.74) is 2.65. The van der Waals surface area contributed by atoms with Gasteiger partial charge in [-0.25, -0.2) is 0 Å². The Hall–Kier alpha value is -0.206. The first kappa shape index (κ1) is 25.8. The van der Waals surface area contributed by atoms with Gasteiger partial charge in [0.05, 0.1) is 0 Å². The zero-order chi connectivity index (χ0) is 18.5. The van der Waals surface area contributed by atoms with Crippen molar-refractivity contribution in [3.63, 3.8) is 0 Å². The Bertz CT molecular complexity index is 717. The van der Waals surface area contributed by atoms with Crippen LogP contribution in [-0.2, 0) is 13.1 Å². The number of rotatable bonds is 5. The van der Waals surface area contributed by atoms with Crippen molar-refractivity contribution in [2.45, 2.75) is 72.1 Å². The first-order valence-electron chi connectivity index (χ1n) is 9.51. The Morgan fingerprint density at radius 3 is 1.65 bits per heavy atom. The predicted molar refractivity (Wildman–Crippen MR) is 121 cm³/mol. The normalized spacial score (nSPS) is 18.1. The number of hydrogen-bond donors (Lipinski definition) is 0. The number of para-hydroxylation sites is 1. The first-order valence-corrected chi connectivity index (χ1v) is 18.7.